The van der Waals surface area contributed by atoms with Crippen molar-refractivity contribution in [2.45, 2.75) is 18.4 Å². The van der Waals surface area contributed by atoms with E-state index in [2.05, 4.69) is 5.10 Å². The van der Waals surface area contributed by atoms with Gasteiger partial charge in [0.25, 0.3) is 5.91 Å². The highest BCUT2D eigenvalue weighted by atomic mass is 35.5. The number of rotatable bonds is 4. The molecule has 1 aromatic heterocycles. The molecule has 2 heterocycles. The van der Waals surface area contributed by atoms with E-state index in [0.29, 0.717) is 35.9 Å². The highest BCUT2D eigenvalue weighted by Crippen LogP contribution is 2.25. The Morgan fingerprint density at radius 2 is 2.29 bits per heavy atom. The summed E-state index contributed by atoms with van der Waals surface area (Å²) in [5.74, 6) is 0.431. The van der Waals surface area contributed by atoms with Crippen molar-refractivity contribution in [1.82, 2.24) is 14.7 Å². The summed E-state index contributed by atoms with van der Waals surface area (Å²) >= 11 is 5.93. The topological polar surface area (TPSA) is 67.6 Å². The fraction of sp³-hybridized carbons (Fsp3) is 0.412. The van der Waals surface area contributed by atoms with Crippen molar-refractivity contribution in [3.8, 4) is 5.75 Å². The van der Waals surface area contributed by atoms with Gasteiger partial charge >= 0.3 is 0 Å². The number of benzene rings is 1. The molecule has 1 atom stereocenters. The highest BCUT2D eigenvalue weighted by molar-refractivity contribution is 6.30. The number of piperidine rings is 1. The summed E-state index contributed by atoms with van der Waals surface area (Å²) in [4.78, 5) is 14.1. The molecule has 0 spiro atoms. The van der Waals surface area contributed by atoms with E-state index in [-0.39, 0.29) is 19.1 Å². The number of ether oxygens (including phenoxy) is 1. The number of amides is 1. The Morgan fingerprint density at radius 1 is 1.46 bits per heavy atom. The molecule has 0 saturated carbocycles. The average Bonchev–Trinajstić information content (AvgIpc) is 2.99. The van der Waals surface area contributed by atoms with E-state index < -0.39 is 5.60 Å². The number of β-amino-alcohol motifs (C(OH)–C–C–N with tert-alkyl or cyclic N) is 1. The van der Waals surface area contributed by atoms with Crippen LogP contribution >= 0.6 is 11.6 Å². The molecule has 1 amide bonds. The van der Waals surface area contributed by atoms with E-state index in [4.69, 9.17) is 16.3 Å². The van der Waals surface area contributed by atoms with Crippen LogP contribution in [0.1, 0.15) is 23.3 Å². The lowest BCUT2D eigenvalue weighted by atomic mass is 9.93. The van der Waals surface area contributed by atoms with Gasteiger partial charge in [0, 0.05) is 24.8 Å². The van der Waals surface area contributed by atoms with Crippen LogP contribution in [0.2, 0.25) is 5.02 Å². The fourth-order valence-corrected chi connectivity index (χ4v) is 3.05. The molecule has 2 aromatic rings. The Bertz CT molecular complexity index is 733. The first-order valence-corrected chi connectivity index (χ1v) is 8.23. The van der Waals surface area contributed by atoms with Crippen molar-refractivity contribution < 1.29 is 14.6 Å². The lowest BCUT2D eigenvalue weighted by molar-refractivity contribution is -0.0533. The van der Waals surface area contributed by atoms with Crippen LogP contribution in [0.3, 0.4) is 0 Å². The molecule has 0 radical (unpaired) electrons. The average molecular weight is 350 g/mol. The first kappa shape index (κ1) is 16.8. The summed E-state index contributed by atoms with van der Waals surface area (Å²) in [6.07, 6.45) is 3.03. The minimum absolute atomic E-state index is 0.110. The number of likely N-dealkylation sites (tertiary alicyclic amines) is 1. The van der Waals surface area contributed by atoms with Crippen LogP contribution < -0.4 is 4.74 Å². The van der Waals surface area contributed by atoms with Crippen molar-refractivity contribution in [2.24, 2.45) is 7.05 Å². The van der Waals surface area contributed by atoms with E-state index in [1.165, 1.54) is 0 Å². The maximum atomic E-state index is 12.5. The predicted octanol–water partition coefficient (Wildman–Crippen LogP) is 2.12. The zero-order valence-electron chi connectivity index (χ0n) is 13.5. The number of aliphatic hydroxyl groups is 1. The van der Waals surface area contributed by atoms with Crippen molar-refractivity contribution >= 4 is 17.5 Å². The molecule has 1 aliphatic rings. The molecule has 0 aliphatic carbocycles. The quantitative estimate of drug-likeness (QED) is 0.918. The van der Waals surface area contributed by atoms with Gasteiger partial charge in [-0.25, -0.2) is 0 Å². The van der Waals surface area contributed by atoms with Crippen LogP contribution in [0.4, 0.5) is 0 Å². The fourth-order valence-electron chi connectivity index (χ4n) is 2.87. The number of hydrogen-bond acceptors (Lipinski definition) is 4. The van der Waals surface area contributed by atoms with Crippen LogP contribution in [0.25, 0.3) is 0 Å². The van der Waals surface area contributed by atoms with Gasteiger partial charge in [-0.15, -0.1) is 0 Å². The Morgan fingerprint density at radius 3 is 3.00 bits per heavy atom. The molecule has 1 aromatic carbocycles. The van der Waals surface area contributed by atoms with Gasteiger partial charge in [0.2, 0.25) is 0 Å². The number of carbonyl (C=O) groups excluding carboxylic acids is 1. The van der Waals surface area contributed by atoms with Crippen molar-refractivity contribution in [2.75, 3.05) is 19.7 Å². The number of nitrogens with zero attached hydrogens (tertiary/aromatic N) is 3. The lowest BCUT2D eigenvalue weighted by Gasteiger charge is -2.38. The van der Waals surface area contributed by atoms with Crippen molar-refractivity contribution in [3.63, 3.8) is 0 Å². The monoisotopic (exact) mass is 349 g/mol. The van der Waals surface area contributed by atoms with Gasteiger partial charge in [-0.1, -0.05) is 17.7 Å². The zero-order valence-corrected chi connectivity index (χ0v) is 14.2. The molecule has 1 fully saturated rings. The molecule has 3 rings (SSSR count). The molecule has 1 N–H and O–H groups in total. The van der Waals surface area contributed by atoms with E-state index in [0.717, 1.165) is 0 Å². The second-order valence-corrected chi connectivity index (χ2v) is 6.61. The van der Waals surface area contributed by atoms with Gasteiger partial charge in [0.05, 0.1) is 6.54 Å². The van der Waals surface area contributed by atoms with E-state index in [1.807, 2.05) is 0 Å². The third-order valence-electron chi connectivity index (χ3n) is 4.08. The van der Waals surface area contributed by atoms with Gasteiger partial charge in [0.1, 0.15) is 23.7 Å². The minimum Gasteiger partial charge on any atom is -0.490 e. The van der Waals surface area contributed by atoms with Crippen LogP contribution in [0.15, 0.2) is 36.5 Å². The molecule has 0 bridgehead atoms. The second kappa shape index (κ2) is 6.83. The number of aromatic nitrogens is 2. The summed E-state index contributed by atoms with van der Waals surface area (Å²) in [5.41, 5.74) is -0.692. The summed E-state index contributed by atoms with van der Waals surface area (Å²) in [6.45, 7) is 0.942. The number of halogens is 1. The Kier molecular flexibility index (Phi) is 4.78. The van der Waals surface area contributed by atoms with Crippen LogP contribution in [0.5, 0.6) is 5.75 Å². The zero-order chi connectivity index (χ0) is 17.2. The standard InChI is InChI=1S/C17H20ClN3O3/c1-20-9-6-15(19-20)16(22)21-8-3-7-17(23,11-21)12-24-14-5-2-4-13(18)10-14/h2,4-6,9-10,23H,3,7-8,11-12H2,1H3. The molecule has 6 nitrogen and oxygen atoms in total. The van der Waals surface area contributed by atoms with E-state index in [9.17, 15) is 9.90 Å². The Labute approximate surface area is 145 Å². The third kappa shape index (κ3) is 3.88. The molecule has 128 valence electrons. The normalized spacial score (nSPS) is 20.9. The number of aryl methyl sites for hydroxylation is 1. The second-order valence-electron chi connectivity index (χ2n) is 6.18. The van der Waals surface area contributed by atoms with Crippen LogP contribution in [-0.2, 0) is 7.05 Å². The highest BCUT2D eigenvalue weighted by Gasteiger charge is 2.36. The maximum absolute atomic E-state index is 12.5. The van der Waals surface area contributed by atoms with E-state index in [1.54, 1.807) is 53.2 Å². The van der Waals surface area contributed by atoms with Gasteiger partial charge in [-0.2, -0.15) is 5.10 Å². The molecule has 1 aliphatic heterocycles. The van der Waals surface area contributed by atoms with Crippen LogP contribution in [-0.4, -0.2) is 51.0 Å². The Balaban J connectivity index is 1.64. The van der Waals surface area contributed by atoms with Gasteiger partial charge in [0.15, 0.2) is 0 Å². The van der Waals surface area contributed by atoms with Crippen molar-refractivity contribution in [1.29, 1.82) is 0 Å². The summed E-state index contributed by atoms with van der Waals surface area (Å²) < 4.78 is 7.26. The molecular weight excluding hydrogens is 330 g/mol. The maximum Gasteiger partial charge on any atom is 0.274 e. The Hall–Kier alpha value is -2.05. The van der Waals surface area contributed by atoms with Gasteiger partial charge in [-0.05, 0) is 37.1 Å². The predicted molar refractivity (Wildman–Crippen MR) is 90.2 cm³/mol. The SMILES string of the molecule is Cn1ccc(C(=O)N2CCCC(O)(COc3cccc(Cl)c3)C2)n1. The molecule has 7 heteroatoms. The summed E-state index contributed by atoms with van der Waals surface area (Å²) in [5, 5.41) is 15.5. The van der Waals surface area contributed by atoms with E-state index >= 15 is 0 Å². The first-order valence-electron chi connectivity index (χ1n) is 7.85. The van der Waals surface area contributed by atoms with Crippen LogP contribution in [0, 0.1) is 0 Å². The van der Waals surface area contributed by atoms with Gasteiger partial charge < -0.3 is 14.7 Å². The summed E-state index contributed by atoms with van der Waals surface area (Å²) in [7, 11) is 1.77. The molecule has 1 unspecified atom stereocenters. The molecule has 24 heavy (non-hydrogen) atoms. The minimum atomic E-state index is -1.08. The first-order chi connectivity index (χ1) is 11.5. The van der Waals surface area contributed by atoms with Gasteiger partial charge in [-0.3, -0.25) is 9.48 Å². The number of carbonyl (C=O) groups is 1. The lowest BCUT2D eigenvalue weighted by Crippen LogP contribution is -2.53. The smallest absolute Gasteiger partial charge is 0.274 e. The third-order valence-corrected chi connectivity index (χ3v) is 4.31. The largest absolute Gasteiger partial charge is 0.490 e. The number of hydrogen-bond donors (Lipinski definition) is 1. The summed E-state index contributed by atoms with van der Waals surface area (Å²) in [6, 6.07) is 8.72. The molecule has 1 saturated heterocycles. The molecular formula is C17H20ClN3O3. The van der Waals surface area contributed by atoms with Crippen molar-refractivity contribution in [3.05, 3.63) is 47.2 Å².